The number of carboxylic acids is 1. The first-order chi connectivity index (χ1) is 6.68. The van der Waals surface area contributed by atoms with Gasteiger partial charge >= 0.3 is 5.97 Å². The predicted molar refractivity (Wildman–Crippen MR) is 48.2 cm³/mol. The van der Waals surface area contributed by atoms with Crippen molar-refractivity contribution in [2.45, 2.75) is 0 Å². The molecule has 14 heavy (non-hydrogen) atoms. The first-order valence-electron chi connectivity index (χ1n) is 3.86. The third kappa shape index (κ3) is 1.24. The van der Waals surface area contributed by atoms with Crippen LogP contribution in [0.2, 0.25) is 0 Å². The summed E-state index contributed by atoms with van der Waals surface area (Å²) in [5.41, 5.74) is 0.157. The largest absolute Gasteiger partial charge is 0.492 e. The summed E-state index contributed by atoms with van der Waals surface area (Å²) in [7, 11) is 0. The van der Waals surface area contributed by atoms with Gasteiger partial charge in [-0.05, 0) is 18.2 Å². The van der Waals surface area contributed by atoms with Gasteiger partial charge in [-0.2, -0.15) is 5.10 Å². The third-order valence-electron chi connectivity index (χ3n) is 1.89. The molecule has 1 aromatic heterocycles. The van der Waals surface area contributed by atoms with Gasteiger partial charge in [-0.1, -0.05) is 0 Å². The van der Waals surface area contributed by atoms with Gasteiger partial charge in [0.25, 0.3) is 0 Å². The predicted octanol–water partition coefficient (Wildman–Crippen LogP) is 1.03. The smallest absolute Gasteiger partial charge is 0.335 e. The molecule has 0 fully saturated rings. The Bertz CT molecular complexity index is 510. The Kier molecular flexibility index (Phi) is 1.78. The fraction of sp³-hybridized carbons (Fsp3) is 0. The molecule has 0 saturated heterocycles. The van der Waals surface area contributed by atoms with Gasteiger partial charge in [-0.3, -0.25) is 0 Å². The van der Waals surface area contributed by atoms with E-state index in [-0.39, 0.29) is 11.4 Å². The van der Waals surface area contributed by atoms with Gasteiger partial charge in [0, 0.05) is 10.8 Å². The number of fused-ring (bicyclic) bond motifs is 1. The molecule has 1 aromatic carbocycles. The lowest BCUT2D eigenvalue weighted by Crippen LogP contribution is -1.95. The van der Waals surface area contributed by atoms with E-state index in [1.165, 1.54) is 24.4 Å². The molecular formula is C9H6N2O3. The van der Waals surface area contributed by atoms with Crippen LogP contribution in [0.1, 0.15) is 10.4 Å². The lowest BCUT2D eigenvalue weighted by molar-refractivity contribution is 0.0697. The van der Waals surface area contributed by atoms with Crippen molar-refractivity contribution in [1.82, 2.24) is 10.2 Å². The molecule has 1 heterocycles. The summed E-state index contributed by atoms with van der Waals surface area (Å²) in [5, 5.41) is 26.0. The molecule has 2 aromatic rings. The SMILES string of the molecule is O=C(O)c1ccc2c(O)nncc2c1. The Balaban J connectivity index is 2.73. The Labute approximate surface area is 78.6 Å². The number of benzene rings is 1. The van der Waals surface area contributed by atoms with Crippen molar-refractivity contribution in [2.75, 3.05) is 0 Å². The standard InChI is InChI=1S/C9H6N2O3/c12-8-7-2-1-5(9(13)14)3-6(7)4-10-11-8/h1-4H,(H,11,12)(H,13,14). The number of aromatic nitrogens is 2. The molecule has 5 heteroatoms. The molecule has 0 atom stereocenters. The zero-order valence-electron chi connectivity index (χ0n) is 7.01. The maximum atomic E-state index is 10.6. The van der Waals surface area contributed by atoms with E-state index < -0.39 is 5.97 Å². The number of carbonyl (C=O) groups is 1. The van der Waals surface area contributed by atoms with E-state index in [1.54, 1.807) is 0 Å². The van der Waals surface area contributed by atoms with Crippen molar-refractivity contribution in [2.24, 2.45) is 0 Å². The summed E-state index contributed by atoms with van der Waals surface area (Å²) in [4.78, 5) is 10.6. The molecule has 0 spiro atoms. The van der Waals surface area contributed by atoms with Crippen LogP contribution >= 0.6 is 0 Å². The molecule has 0 aliphatic carbocycles. The Morgan fingerprint density at radius 3 is 2.86 bits per heavy atom. The highest BCUT2D eigenvalue weighted by atomic mass is 16.4. The van der Waals surface area contributed by atoms with Gasteiger partial charge in [0.1, 0.15) is 0 Å². The van der Waals surface area contributed by atoms with Gasteiger partial charge in [-0.15, -0.1) is 5.10 Å². The van der Waals surface area contributed by atoms with Gasteiger partial charge in [0.15, 0.2) is 0 Å². The van der Waals surface area contributed by atoms with Crippen molar-refractivity contribution in [3.63, 3.8) is 0 Å². The van der Waals surface area contributed by atoms with E-state index in [0.717, 1.165) is 0 Å². The van der Waals surface area contributed by atoms with Crippen molar-refractivity contribution < 1.29 is 15.0 Å². The number of nitrogens with zero attached hydrogens (tertiary/aromatic N) is 2. The van der Waals surface area contributed by atoms with Gasteiger partial charge in [0.2, 0.25) is 5.88 Å². The quantitative estimate of drug-likeness (QED) is 0.701. The molecule has 0 aliphatic rings. The highest BCUT2D eigenvalue weighted by molar-refractivity contribution is 5.95. The summed E-state index contributed by atoms with van der Waals surface area (Å²) in [6, 6.07) is 4.35. The molecule has 5 nitrogen and oxygen atoms in total. The minimum atomic E-state index is -1.01. The van der Waals surface area contributed by atoms with E-state index in [0.29, 0.717) is 10.8 Å². The van der Waals surface area contributed by atoms with Gasteiger partial charge in [0.05, 0.1) is 11.8 Å². The zero-order chi connectivity index (χ0) is 10.1. The van der Waals surface area contributed by atoms with Crippen molar-refractivity contribution >= 4 is 16.7 Å². The van der Waals surface area contributed by atoms with Crippen molar-refractivity contribution in [3.8, 4) is 5.88 Å². The van der Waals surface area contributed by atoms with E-state index in [4.69, 9.17) is 5.11 Å². The van der Waals surface area contributed by atoms with Crippen LogP contribution in [0, 0.1) is 0 Å². The number of carboxylic acid groups (broad SMARTS) is 1. The monoisotopic (exact) mass is 190 g/mol. The topological polar surface area (TPSA) is 83.3 Å². The fourth-order valence-corrected chi connectivity index (χ4v) is 1.21. The lowest BCUT2D eigenvalue weighted by Gasteiger charge is -1.99. The highest BCUT2D eigenvalue weighted by Crippen LogP contribution is 2.21. The van der Waals surface area contributed by atoms with E-state index in [2.05, 4.69) is 10.2 Å². The Morgan fingerprint density at radius 1 is 1.36 bits per heavy atom. The minimum Gasteiger partial charge on any atom is -0.492 e. The molecule has 0 saturated carbocycles. The van der Waals surface area contributed by atoms with Gasteiger partial charge < -0.3 is 10.2 Å². The average molecular weight is 190 g/mol. The maximum absolute atomic E-state index is 10.6. The van der Waals surface area contributed by atoms with Crippen molar-refractivity contribution in [1.29, 1.82) is 0 Å². The number of rotatable bonds is 1. The van der Waals surface area contributed by atoms with Crippen LogP contribution in [0.25, 0.3) is 10.8 Å². The summed E-state index contributed by atoms with van der Waals surface area (Å²) < 4.78 is 0. The van der Waals surface area contributed by atoms with Gasteiger partial charge in [-0.25, -0.2) is 4.79 Å². The Morgan fingerprint density at radius 2 is 2.14 bits per heavy atom. The maximum Gasteiger partial charge on any atom is 0.335 e. The summed E-state index contributed by atoms with van der Waals surface area (Å²) in [6.45, 7) is 0. The summed E-state index contributed by atoms with van der Waals surface area (Å²) in [5.74, 6) is -1.21. The minimum absolute atomic E-state index is 0.157. The normalized spacial score (nSPS) is 10.3. The molecule has 0 aliphatic heterocycles. The van der Waals surface area contributed by atoms with Crippen LogP contribution in [0.3, 0.4) is 0 Å². The molecule has 0 bridgehead atoms. The number of hydrogen-bond donors (Lipinski definition) is 2. The molecule has 2 N–H and O–H groups in total. The van der Waals surface area contributed by atoms with Crippen LogP contribution < -0.4 is 0 Å². The average Bonchev–Trinajstić information content (AvgIpc) is 2.17. The fourth-order valence-electron chi connectivity index (χ4n) is 1.21. The van der Waals surface area contributed by atoms with E-state index in [9.17, 15) is 9.90 Å². The van der Waals surface area contributed by atoms with Crippen molar-refractivity contribution in [3.05, 3.63) is 30.0 Å². The van der Waals surface area contributed by atoms with Crippen LogP contribution in [0.15, 0.2) is 24.4 Å². The lowest BCUT2D eigenvalue weighted by atomic mass is 10.1. The van der Waals surface area contributed by atoms with E-state index >= 15 is 0 Å². The van der Waals surface area contributed by atoms with Crippen LogP contribution in [0.4, 0.5) is 0 Å². The number of aromatic hydroxyl groups is 1. The van der Waals surface area contributed by atoms with E-state index in [1.807, 2.05) is 0 Å². The molecule has 0 amide bonds. The second kappa shape index (κ2) is 2.95. The second-order valence-electron chi connectivity index (χ2n) is 2.78. The summed E-state index contributed by atoms with van der Waals surface area (Å²) >= 11 is 0. The van der Waals surface area contributed by atoms with Crippen LogP contribution in [-0.2, 0) is 0 Å². The molecule has 0 radical (unpaired) electrons. The first kappa shape index (κ1) is 8.43. The molecule has 70 valence electrons. The number of hydrogen-bond acceptors (Lipinski definition) is 4. The highest BCUT2D eigenvalue weighted by Gasteiger charge is 2.06. The Hall–Kier alpha value is -2.17. The first-order valence-corrected chi connectivity index (χ1v) is 3.86. The zero-order valence-corrected chi connectivity index (χ0v) is 7.01. The second-order valence-corrected chi connectivity index (χ2v) is 2.78. The molecule has 2 rings (SSSR count). The number of aromatic carboxylic acids is 1. The third-order valence-corrected chi connectivity index (χ3v) is 1.89. The molecule has 0 unspecified atom stereocenters. The van der Waals surface area contributed by atoms with Crippen LogP contribution in [0.5, 0.6) is 5.88 Å². The summed E-state index contributed by atoms with van der Waals surface area (Å²) in [6.07, 6.45) is 1.40. The van der Waals surface area contributed by atoms with Crippen LogP contribution in [-0.4, -0.2) is 26.4 Å². The molecular weight excluding hydrogens is 184 g/mol.